The molecular weight excluding hydrogens is 398 g/mol. The van der Waals surface area contributed by atoms with Crippen LogP contribution in [0, 0.1) is 28.6 Å². The second-order valence-corrected chi connectivity index (χ2v) is 10.7. The zero-order valence-electron chi connectivity index (χ0n) is 19.1. The third-order valence-electron chi connectivity index (χ3n) is 9.21. The molecular formula is C24H37NO6. The summed E-state index contributed by atoms with van der Waals surface area (Å²) >= 11 is 0. The fraction of sp³-hybridized carbons (Fsp3) is 0.833. The molecule has 0 saturated heterocycles. The number of hydrogen-bond donors (Lipinski definition) is 3. The largest absolute Gasteiger partial charge is 0.393 e. The molecule has 0 bridgehead atoms. The smallest absolute Gasteiger partial charge is 0.159 e. The predicted molar refractivity (Wildman–Crippen MR) is 115 cm³/mol. The van der Waals surface area contributed by atoms with Crippen molar-refractivity contribution < 1.29 is 29.7 Å². The molecule has 0 aliphatic heterocycles. The van der Waals surface area contributed by atoms with E-state index in [0.29, 0.717) is 32.5 Å². The minimum absolute atomic E-state index is 0.0193. The van der Waals surface area contributed by atoms with E-state index >= 15 is 0 Å². The standard InChI is InChI=1S/C24H37NO6/c1-14(25-31-10-9-30-4)15-6-8-24(29)17-11-19(26)18-12-20(27)21(28)13-22(18,2)16(17)5-7-23(15,24)3/h11,15-16,18,20-21,27-29H,5-10,12-13H2,1-4H3/b25-14+/t15-,16?,18+,20-,21+,22-,23-,24-/m1/s1. The van der Waals surface area contributed by atoms with Crippen LogP contribution in [0.5, 0.6) is 0 Å². The molecule has 0 amide bonds. The van der Waals surface area contributed by atoms with Gasteiger partial charge in [-0.2, -0.15) is 0 Å². The summed E-state index contributed by atoms with van der Waals surface area (Å²) < 4.78 is 5.00. The molecule has 0 aromatic carbocycles. The third-order valence-corrected chi connectivity index (χ3v) is 9.21. The van der Waals surface area contributed by atoms with Crippen molar-refractivity contribution in [3.63, 3.8) is 0 Å². The molecule has 3 saturated carbocycles. The number of fused-ring (bicyclic) bond motifs is 5. The van der Waals surface area contributed by atoms with E-state index in [1.54, 1.807) is 13.2 Å². The van der Waals surface area contributed by atoms with Gasteiger partial charge in [0, 0.05) is 24.4 Å². The number of aliphatic hydroxyl groups is 3. The first-order chi connectivity index (χ1) is 14.6. The van der Waals surface area contributed by atoms with Gasteiger partial charge in [0.05, 0.1) is 30.1 Å². The van der Waals surface area contributed by atoms with Crippen molar-refractivity contribution in [1.82, 2.24) is 0 Å². The number of rotatable bonds is 5. The average molecular weight is 436 g/mol. The van der Waals surface area contributed by atoms with E-state index in [9.17, 15) is 20.1 Å². The Labute approximate surface area is 184 Å². The summed E-state index contributed by atoms with van der Waals surface area (Å²) in [6, 6.07) is 0. The second-order valence-electron chi connectivity index (χ2n) is 10.7. The molecule has 4 aliphatic carbocycles. The molecule has 31 heavy (non-hydrogen) atoms. The maximum atomic E-state index is 13.2. The van der Waals surface area contributed by atoms with Crippen LogP contribution in [-0.4, -0.2) is 64.9 Å². The Kier molecular flexibility index (Phi) is 5.86. The first-order valence-electron chi connectivity index (χ1n) is 11.6. The highest BCUT2D eigenvalue weighted by Gasteiger charge is 2.66. The minimum Gasteiger partial charge on any atom is -0.393 e. The fourth-order valence-electron chi connectivity index (χ4n) is 7.37. The van der Waals surface area contributed by atoms with E-state index in [-0.39, 0.29) is 23.5 Å². The highest BCUT2D eigenvalue weighted by Crippen LogP contribution is 2.67. The number of nitrogens with zero attached hydrogens (tertiary/aromatic N) is 1. The lowest BCUT2D eigenvalue weighted by molar-refractivity contribution is -0.151. The van der Waals surface area contributed by atoms with E-state index in [2.05, 4.69) is 19.0 Å². The normalized spacial score (nSPS) is 47.3. The quantitative estimate of drug-likeness (QED) is 0.347. The van der Waals surface area contributed by atoms with Gasteiger partial charge in [0.15, 0.2) is 5.78 Å². The molecule has 0 heterocycles. The van der Waals surface area contributed by atoms with Crippen molar-refractivity contribution in [3.05, 3.63) is 11.6 Å². The molecule has 4 aliphatic rings. The molecule has 7 heteroatoms. The first-order valence-corrected chi connectivity index (χ1v) is 11.6. The molecule has 3 fully saturated rings. The van der Waals surface area contributed by atoms with Crippen molar-refractivity contribution in [1.29, 1.82) is 0 Å². The maximum Gasteiger partial charge on any atom is 0.159 e. The number of carbonyl (C=O) groups is 1. The van der Waals surface area contributed by atoms with Crippen LogP contribution < -0.4 is 0 Å². The number of hydrogen-bond acceptors (Lipinski definition) is 7. The van der Waals surface area contributed by atoms with Gasteiger partial charge in [0.25, 0.3) is 0 Å². The Morgan fingerprint density at radius 1 is 1.16 bits per heavy atom. The maximum absolute atomic E-state index is 13.2. The van der Waals surface area contributed by atoms with E-state index in [1.807, 2.05) is 6.92 Å². The van der Waals surface area contributed by atoms with Crippen molar-refractivity contribution in [2.24, 2.45) is 33.7 Å². The van der Waals surface area contributed by atoms with Gasteiger partial charge in [-0.3, -0.25) is 4.79 Å². The van der Waals surface area contributed by atoms with Crippen LogP contribution in [0.1, 0.15) is 59.3 Å². The van der Waals surface area contributed by atoms with Crippen LogP contribution in [0.25, 0.3) is 0 Å². The van der Waals surface area contributed by atoms with Gasteiger partial charge in [-0.15, -0.1) is 0 Å². The highest BCUT2D eigenvalue weighted by molar-refractivity contribution is 5.95. The molecule has 174 valence electrons. The summed E-state index contributed by atoms with van der Waals surface area (Å²) in [5.41, 5.74) is -0.236. The average Bonchev–Trinajstić information content (AvgIpc) is 2.99. The van der Waals surface area contributed by atoms with Gasteiger partial charge >= 0.3 is 0 Å². The number of carbonyl (C=O) groups excluding carboxylic acids is 1. The Morgan fingerprint density at radius 2 is 1.90 bits per heavy atom. The number of allylic oxidation sites excluding steroid dienone is 1. The zero-order valence-corrected chi connectivity index (χ0v) is 19.1. The molecule has 0 spiro atoms. The van der Waals surface area contributed by atoms with Crippen LogP contribution in [0.3, 0.4) is 0 Å². The third kappa shape index (κ3) is 3.31. The van der Waals surface area contributed by atoms with E-state index < -0.39 is 28.6 Å². The molecule has 1 unspecified atom stereocenters. The van der Waals surface area contributed by atoms with Crippen LogP contribution in [0.15, 0.2) is 16.8 Å². The monoisotopic (exact) mass is 435 g/mol. The van der Waals surface area contributed by atoms with E-state index in [0.717, 1.165) is 30.5 Å². The summed E-state index contributed by atoms with van der Waals surface area (Å²) in [5.74, 6) is -0.220. The second kappa shape index (κ2) is 7.94. The molecule has 4 rings (SSSR count). The lowest BCUT2D eigenvalue weighted by atomic mass is 9.46. The van der Waals surface area contributed by atoms with Gasteiger partial charge in [-0.25, -0.2) is 0 Å². The van der Waals surface area contributed by atoms with Crippen LogP contribution >= 0.6 is 0 Å². The van der Waals surface area contributed by atoms with Crippen molar-refractivity contribution in [3.8, 4) is 0 Å². The molecule has 0 radical (unpaired) electrons. The predicted octanol–water partition coefficient (Wildman–Crippen LogP) is 2.23. The summed E-state index contributed by atoms with van der Waals surface area (Å²) in [4.78, 5) is 18.6. The Bertz CT molecular complexity index is 795. The zero-order chi connectivity index (χ0) is 22.6. The van der Waals surface area contributed by atoms with Crippen molar-refractivity contribution in [2.75, 3.05) is 20.3 Å². The van der Waals surface area contributed by atoms with Crippen LogP contribution in [0.2, 0.25) is 0 Å². The SMILES string of the molecule is COCCO/N=C(\C)[C@H]1CC[C@@]2(O)C3=CC(=O)[C@@H]4C[C@@H](O)[C@@H](O)C[C@]4(C)C3CC[C@]12C. The van der Waals surface area contributed by atoms with Crippen molar-refractivity contribution >= 4 is 11.5 Å². The van der Waals surface area contributed by atoms with Gasteiger partial charge in [0.2, 0.25) is 0 Å². The summed E-state index contributed by atoms with van der Waals surface area (Å²) in [6.45, 7) is 7.00. The number of methoxy groups -OCH3 is 1. The summed E-state index contributed by atoms with van der Waals surface area (Å²) in [6.07, 6.45) is 3.71. The Hall–Kier alpha value is -1.28. The van der Waals surface area contributed by atoms with Crippen LogP contribution in [0.4, 0.5) is 0 Å². The molecule has 8 atom stereocenters. The number of ketones is 1. The highest BCUT2D eigenvalue weighted by atomic mass is 16.6. The Morgan fingerprint density at radius 3 is 2.61 bits per heavy atom. The molecule has 7 nitrogen and oxygen atoms in total. The van der Waals surface area contributed by atoms with E-state index in [1.165, 1.54) is 0 Å². The Balaban J connectivity index is 1.65. The van der Waals surface area contributed by atoms with Crippen LogP contribution in [-0.2, 0) is 14.4 Å². The number of oxime groups is 1. The van der Waals surface area contributed by atoms with Crippen molar-refractivity contribution in [2.45, 2.75) is 77.1 Å². The first kappa shape index (κ1) is 22.9. The molecule has 0 aromatic rings. The van der Waals surface area contributed by atoms with Gasteiger partial charge in [-0.1, -0.05) is 19.0 Å². The minimum atomic E-state index is -1.07. The summed E-state index contributed by atoms with van der Waals surface area (Å²) in [5, 5.41) is 37.0. The van der Waals surface area contributed by atoms with Gasteiger partial charge < -0.3 is 24.9 Å². The summed E-state index contributed by atoms with van der Waals surface area (Å²) in [7, 11) is 1.62. The fourth-order valence-corrected chi connectivity index (χ4v) is 7.37. The lowest BCUT2D eigenvalue weighted by Gasteiger charge is -2.59. The molecule has 0 aromatic heterocycles. The van der Waals surface area contributed by atoms with Gasteiger partial charge in [-0.05, 0) is 68.4 Å². The van der Waals surface area contributed by atoms with E-state index in [4.69, 9.17) is 9.57 Å². The molecule has 3 N–H and O–H groups in total. The lowest BCUT2D eigenvalue weighted by Crippen LogP contribution is -2.60. The number of ether oxygens (including phenoxy) is 1. The topological polar surface area (TPSA) is 109 Å². The number of aliphatic hydroxyl groups excluding tert-OH is 2. The van der Waals surface area contributed by atoms with Gasteiger partial charge in [0.1, 0.15) is 6.61 Å².